The zero-order valence-electron chi connectivity index (χ0n) is 11.7. The van der Waals surface area contributed by atoms with Crippen molar-refractivity contribution in [1.29, 1.82) is 5.26 Å². The van der Waals surface area contributed by atoms with E-state index in [0.29, 0.717) is 11.3 Å². The molecule has 0 saturated carbocycles. The Morgan fingerprint density at radius 3 is 2.43 bits per heavy atom. The van der Waals surface area contributed by atoms with Gasteiger partial charge in [0, 0.05) is 10.0 Å². The van der Waals surface area contributed by atoms with Gasteiger partial charge < -0.3 is 4.74 Å². The fourth-order valence-corrected chi connectivity index (χ4v) is 3.39. The molecule has 0 N–H and O–H groups in total. The lowest BCUT2D eigenvalue weighted by atomic mass is 10.0. The van der Waals surface area contributed by atoms with E-state index < -0.39 is 0 Å². The van der Waals surface area contributed by atoms with Crippen LogP contribution >= 0.6 is 31.9 Å². The predicted octanol–water partition coefficient (Wildman–Crippen LogP) is 5.59. The van der Waals surface area contributed by atoms with Crippen molar-refractivity contribution in [3.63, 3.8) is 0 Å². The van der Waals surface area contributed by atoms with Gasteiger partial charge >= 0.3 is 0 Å². The number of hydrogen-bond donors (Lipinski definition) is 0. The molecule has 0 heterocycles. The third-order valence-corrected chi connectivity index (χ3v) is 4.07. The topological polar surface area (TPSA) is 33.0 Å². The highest BCUT2D eigenvalue weighted by Gasteiger charge is 2.09. The number of nitriles is 1. The Kier molecular flexibility index (Phi) is 5.22. The molecule has 21 heavy (non-hydrogen) atoms. The Morgan fingerprint density at radius 1 is 1.19 bits per heavy atom. The molecular weight excluding hydrogens is 394 g/mol. The predicted molar refractivity (Wildman–Crippen MR) is 93.1 cm³/mol. The second kappa shape index (κ2) is 6.93. The number of hydrogen-bond acceptors (Lipinski definition) is 2. The van der Waals surface area contributed by atoms with Gasteiger partial charge in [-0.2, -0.15) is 5.26 Å². The molecule has 0 aliphatic carbocycles. The van der Waals surface area contributed by atoms with Gasteiger partial charge in [0.1, 0.15) is 5.75 Å². The van der Waals surface area contributed by atoms with Crippen LogP contribution in [0.25, 0.3) is 11.6 Å². The maximum atomic E-state index is 9.43. The molecule has 0 fully saturated rings. The van der Waals surface area contributed by atoms with Crippen molar-refractivity contribution in [2.45, 2.75) is 6.92 Å². The van der Waals surface area contributed by atoms with Gasteiger partial charge in [-0.25, -0.2) is 0 Å². The Hall–Kier alpha value is -1.57. The standard InChI is InChI=1S/C17H13Br2NO/c1-11-3-5-12(6-4-11)14(10-20)7-13-8-15(18)9-16(19)17(13)21-2/h3-9H,1-2H3/b14-7+. The van der Waals surface area contributed by atoms with E-state index in [1.165, 1.54) is 5.56 Å². The summed E-state index contributed by atoms with van der Waals surface area (Å²) in [7, 11) is 1.61. The van der Waals surface area contributed by atoms with Gasteiger partial charge in [-0.1, -0.05) is 45.8 Å². The van der Waals surface area contributed by atoms with E-state index in [0.717, 1.165) is 20.1 Å². The van der Waals surface area contributed by atoms with Gasteiger partial charge in [-0.05, 0) is 46.6 Å². The van der Waals surface area contributed by atoms with E-state index in [2.05, 4.69) is 37.9 Å². The molecule has 0 unspecified atom stereocenters. The Morgan fingerprint density at radius 2 is 1.86 bits per heavy atom. The fraction of sp³-hybridized carbons (Fsp3) is 0.118. The van der Waals surface area contributed by atoms with E-state index in [-0.39, 0.29) is 0 Å². The number of methoxy groups -OCH3 is 1. The summed E-state index contributed by atoms with van der Waals surface area (Å²) in [6.45, 7) is 2.02. The van der Waals surface area contributed by atoms with Gasteiger partial charge in [0.15, 0.2) is 0 Å². The van der Waals surface area contributed by atoms with Crippen molar-refractivity contribution in [3.05, 3.63) is 62.0 Å². The molecule has 0 saturated heterocycles. The molecule has 0 aromatic heterocycles. The normalized spacial score (nSPS) is 11.1. The summed E-state index contributed by atoms with van der Waals surface area (Å²) in [6, 6.07) is 14.0. The summed E-state index contributed by atoms with van der Waals surface area (Å²) in [4.78, 5) is 0. The Labute approximate surface area is 141 Å². The monoisotopic (exact) mass is 405 g/mol. The van der Waals surface area contributed by atoms with Crippen molar-refractivity contribution < 1.29 is 4.74 Å². The number of aryl methyl sites for hydroxylation is 1. The first-order chi connectivity index (χ1) is 10.0. The van der Waals surface area contributed by atoms with Crippen LogP contribution < -0.4 is 4.74 Å². The molecule has 2 nitrogen and oxygen atoms in total. The lowest BCUT2D eigenvalue weighted by Gasteiger charge is -2.09. The number of ether oxygens (including phenoxy) is 1. The molecule has 2 aromatic carbocycles. The molecule has 106 valence electrons. The molecule has 0 amide bonds. The van der Waals surface area contributed by atoms with Crippen molar-refractivity contribution in [2.75, 3.05) is 7.11 Å². The highest BCUT2D eigenvalue weighted by Crippen LogP contribution is 2.35. The second-order valence-corrected chi connectivity index (χ2v) is 6.32. The number of rotatable bonds is 3. The minimum absolute atomic E-state index is 0.596. The zero-order valence-corrected chi connectivity index (χ0v) is 14.8. The van der Waals surface area contributed by atoms with Crippen LogP contribution in [0.3, 0.4) is 0 Å². The van der Waals surface area contributed by atoms with E-state index in [1.807, 2.05) is 49.4 Å². The highest BCUT2D eigenvalue weighted by atomic mass is 79.9. The fourth-order valence-electron chi connectivity index (χ4n) is 1.97. The van der Waals surface area contributed by atoms with Crippen LogP contribution in [0.5, 0.6) is 5.75 Å². The first-order valence-corrected chi connectivity index (χ1v) is 7.85. The van der Waals surface area contributed by atoms with E-state index in [4.69, 9.17) is 4.74 Å². The zero-order chi connectivity index (χ0) is 15.4. The average molecular weight is 407 g/mol. The molecule has 0 spiro atoms. The summed E-state index contributed by atoms with van der Waals surface area (Å²) in [5, 5.41) is 9.43. The lowest BCUT2D eigenvalue weighted by Crippen LogP contribution is -1.90. The second-order valence-electron chi connectivity index (χ2n) is 4.55. The summed E-state index contributed by atoms with van der Waals surface area (Å²) in [5.41, 5.74) is 3.49. The van der Waals surface area contributed by atoms with Crippen LogP contribution in [0.1, 0.15) is 16.7 Å². The number of halogens is 2. The van der Waals surface area contributed by atoms with Gasteiger partial charge in [0.05, 0.1) is 23.2 Å². The average Bonchev–Trinajstić information content (AvgIpc) is 2.45. The number of benzene rings is 2. The van der Waals surface area contributed by atoms with Crippen molar-refractivity contribution in [3.8, 4) is 11.8 Å². The molecule has 0 atom stereocenters. The summed E-state index contributed by atoms with van der Waals surface area (Å²) >= 11 is 6.92. The van der Waals surface area contributed by atoms with E-state index in [1.54, 1.807) is 7.11 Å². The Balaban J connectivity index is 2.55. The maximum absolute atomic E-state index is 9.43. The van der Waals surface area contributed by atoms with Crippen molar-refractivity contribution >= 4 is 43.5 Å². The summed E-state index contributed by atoms with van der Waals surface area (Å²) in [5.74, 6) is 0.707. The molecule has 4 heteroatoms. The Bertz CT molecular complexity index is 728. The molecule has 2 aromatic rings. The molecular formula is C17H13Br2NO. The van der Waals surface area contributed by atoms with Crippen molar-refractivity contribution in [1.82, 2.24) is 0 Å². The number of allylic oxidation sites excluding steroid dienone is 1. The first kappa shape index (κ1) is 15.8. The highest BCUT2D eigenvalue weighted by molar-refractivity contribution is 9.11. The van der Waals surface area contributed by atoms with Crippen LogP contribution in [0, 0.1) is 18.3 Å². The summed E-state index contributed by atoms with van der Waals surface area (Å²) < 4.78 is 7.17. The quantitative estimate of drug-likeness (QED) is 0.491. The third-order valence-electron chi connectivity index (χ3n) is 3.02. The molecule has 0 radical (unpaired) electrons. The van der Waals surface area contributed by atoms with Crippen LogP contribution in [-0.4, -0.2) is 7.11 Å². The van der Waals surface area contributed by atoms with Gasteiger partial charge in [0.25, 0.3) is 0 Å². The lowest BCUT2D eigenvalue weighted by molar-refractivity contribution is 0.411. The molecule has 0 aliphatic heterocycles. The molecule has 0 aliphatic rings. The van der Waals surface area contributed by atoms with Gasteiger partial charge in [-0.15, -0.1) is 0 Å². The minimum atomic E-state index is 0.596. The largest absolute Gasteiger partial charge is 0.495 e. The van der Waals surface area contributed by atoms with E-state index in [9.17, 15) is 5.26 Å². The minimum Gasteiger partial charge on any atom is -0.495 e. The maximum Gasteiger partial charge on any atom is 0.140 e. The van der Waals surface area contributed by atoms with Gasteiger partial charge in [-0.3, -0.25) is 0 Å². The van der Waals surface area contributed by atoms with Crippen LogP contribution in [-0.2, 0) is 0 Å². The molecule has 2 rings (SSSR count). The van der Waals surface area contributed by atoms with Crippen molar-refractivity contribution in [2.24, 2.45) is 0 Å². The SMILES string of the molecule is COc1c(Br)cc(Br)cc1/C=C(\C#N)c1ccc(C)cc1. The smallest absolute Gasteiger partial charge is 0.140 e. The number of nitrogens with zero attached hydrogens (tertiary/aromatic N) is 1. The van der Waals surface area contributed by atoms with Crippen LogP contribution in [0.15, 0.2) is 45.3 Å². The van der Waals surface area contributed by atoms with E-state index >= 15 is 0 Å². The van der Waals surface area contributed by atoms with Crippen LogP contribution in [0.2, 0.25) is 0 Å². The third kappa shape index (κ3) is 3.75. The van der Waals surface area contributed by atoms with Crippen LogP contribution in [0.4, 0.5) is 0 Å². The first-order valence-electron chi connectivity index (χ1n) is 6.27. The molecule has 0 bridgehead atoms. The van der Waals surface area contributed by atoms with Gasteiger partial charge in [0.2, 0.25) is 0 Å². The summed E-state index contributed by atoms with van der Waals surface area (Å²) in [6.07, 6.45) is 1.83.